The zero-order valence-electron chi connectivity index (χ0n) is 19.3. The summed E-state index contributed by atoms with van der Waals surface area (Å²) in [7, 11) is 0. The second kappa shape index (κ2) is 8.38. The van der Waals surface area contributed by atoms with Gasteiger partial charge in [0.1, 0.15) is 5.69 Å². The van der Waals surface area contributed by atoms with Crippen LogP contribution in [-0.4, -0.2) is 62.0 Å². The van der Waals surface area contributed by atoms with Gasteiger partial charge in [-0.05, 0) is 75.6 Å². The van der Waals surface area contributed by atoms with E-state index in [0.29, 0.717) is 24.3 Å². The molecule has 1 aromatic carbocycles. The van der Waals surface area contributed by atoms with Gasteiger partial charge in [-0.1, -0.05) is 17.7 Å². The van der Waals surface area contributed by atoms with Gasteiger partial charge in [0.25, 0.3) is 11.8 Å². The molecule has 2 aliphatic heterocycles. The smallest absolute Gasteiger partial charge is 0.274 e. The maximum atomic E-state index is 13.5. The normalized spacial score (nSPS) is 22.1. The molecule has 176 valence electrons. The Morgan fingerprint density at radius 2 is 1.79 bits per heavy atom. The zero-order valence-corrected chi connectivity index (χ0v) is 20.1. The number of fused-ring (bicyclic) bond motifs is 4. The summed E-state index contributed by atoms with van der Waals surface area (Å²) in [6.07, 6.45) is 7.06. The summed E-state index contributed by atoms with van der Waals surface area (Å²) in [6.45, 7) is 2.98. The number of nitrogens with zero attached hydrogens (tertiary/aromatic N) is 4. The molecule has 2 saturated heterocycles. The first-order valence-electron chi connectivity index (χ1n) is 12.2. The predicted octanol–water partition coefficient (Wildman–Crippen LogP) is 4.32. The number of carbonyl (C=O) groups excluding carboxylic acids is 2. The van der Waals surface area contributed by atoms with Gasteiger partial charge in [-0.15, -0.1) is 0 Å². The molecule has 2 fully saturated rings. The molecule has 7 nitrogen and oxygen atoms in total. The number of amides is 2. The minimum atomic E-state index is -0.0412. The van der Waals surface area contributed by atoms with Gasteiger partial charge in [-0.25, -0.2) is 0 Å². The first-order valence-corrected chi connectivity index (χ1v) is 12.6. The molecule has 2 aromatic heterocycles. The molecular formula is C26H28ClN5O2. The number of rotatable bonds is 2. The third-order valence-corrected chi connectivity index (χ3v) is 8.04. The van der Waals surface area contributed by atoms with E-state index in [4.69, 9.17) is 16.6 Å². The van der Waals surface area contributed by atoms with E-state index >= 15 is 0 Å². The highest BCUT2D eigenvalue weighted by molar-refractivity contribution is 6.36. The predicted molar refractivity (Wildman–Crippen MR) is 130 cm³/mol. The number of likely N-dealkylation sites (tertiary alicyclic amines) is 1. The summed E-state index contributed by atoms with van der Waals surface area (Å²) in [5.74, 6) is -0.0439. The number of piperazine rings is 1. The Morgan fingerprint density at radius 3 is 2.53 bits per heavy atom. The summed E-state index contributed by atoms with van der Waals surface area (Å²) in [6, 6.07) is 7.52. The molecule has 2 atom stereocenters. The van der Waals surface area contributed by atoms with Crippen molar-refractivity contribution >= 4 is 34.3 Å². The van der Waals surface area contributed by atoms with E-state index in [0.717, 1.165) is 72.3 Å². The number of carbonyl (C=O) groups is 2. The second-order valence-electron chi connectivity index (χ2n) is 9.89. The zero-order chi connectivity index (χ0) is 23.4. The van der Waals surface area contributed by atoms with E-state index in [2.05, 4.69) is 10.2 Å². The number of aromatic nitrogens is 3. The van der Waals surface area contributed by atoms with Crippen LogP contribution in [0.5, 0.6) is 0 Å². The van der Waals surface area contributed by atoms with Crippen LogP contribution >= 0.6 is 11.6 Å². The van der Waals surface area contributed by atoms with E-state index in [-0.39, 0.29) is 23.9 Å². The van der Waals surface area contributed by atoms with E-state index in [1.54, 1.807) is 6.07 Å². The molecule has 0 radical (unpaired) electrons. The van der Waals surface area contributed by atoms with Crippen LogP contribution in [0, 0.1) is 6.92 Å². The minimum absolute atomic E-state index is 0.00263. The van der Waals surface area contributed by atoms with Gasteiger partial charge in [-0.2, -0.15) is 5.10 Å². The molecule has 8 heteroatoms. The van der Waals surface area contributed by atoms with Crippen LogP contribution in [0.4, 0.5) is 0 Å². The van der Waals surface area contributed by atoms with Crippen molar-refractivity contribution < 1.29 is 9.59 Å². The van der Waals surface area contributed by atoms with Crippen molar-refractivity contribution in [3.63, 3.8) is 0 Å². The van der Waals surface area contributed by atoms with Crippen LogP contribution < -0.4 is 0 Å². The average Bonchev–Trinajstić information content (AvgIpc) is 3.28. The highest BCUT2D eigenvalue weighted by Crippen LogP contribution is 2.34. The van der Waals surface area contributed by atoms with Gasteiger partial charge >= 0.3 is 0 Å². The number of pyridine rings is 1. The third kappa shape index (κ3) is 3.57. The van der Waals surface area contributed by atoms with Gasteiger partial charge in [0, 0.05) is 35.4 Å². The number of piperidine rings is 1. The molecule has 2 unspecified atom stereocenters. The van der Waals surface area contributed by atoms with Crippen LogP contribution in [0.3, 0.4) is 0 Å². The number of hydrogen-bond acceptors (Lipinski definition) is 4. The fraction of sp³-hybridized carbons (Fsp3) is 0.462. The van der Waals surface area contributed by atoms with Crippen LogP contribution in [-0.2, 0) is 12.8 Å². The Labute approximate surface area is 203 Å². The van der Waals surface area contributed by atoms with Crippen molar-refractivity contribution in [3.05, 3.63) is 57.5 Å². The van der Waals surface area contributed by atoms with Crippen molar-refractivity contribution in [1.29, 1.82) is 0 Å². The van der Waals surface area contributed by atoms with Gasteiger partial charge in [0.05, 0.1) is 22.6 Å². The van der Waals surface area contributed by atoms with Crippen molar-refractivity contribution in [3.8, 4) is 0 Å². The van der Waals surface area contributed by atoms with E-state index in [9.17, 15) is 9.59 Å². The molecule has 34 heavy (non-hydrogen) atoms. The molecule has 4 heterocycles. The number of H-pyrrole nitrogens is 1. The Kier molecular flexibility index (Phi) is 5.32. The molecule has 2 bridgehead atoms. The summed E-state index contributed by atoms with van der Waals surface area (Å²) >= 11 is 6.72. The SMILES string of the molecule is Cc1cc(C(=O)N2C3CCCC2CN(C(=O)c2ccc4c(Cl)c5c(nc4c2)CCCC5)C3)n[nH]1. The van der Waals surface area contributed by atoms with Crippen molar-refractivity contribution in [1.82, 2.24) is 25.0 Å². The maximum Gasteiger partial charge on any atom is 0.274 e. The molecule has 1 aliphatic carbocycles. The molecule has 2 amide bonds. The molecule has 3 aromatic rings. The lowest BCUT2D eigenvalue weighted by Crippen LogP contribution is -2.63. The monoisotopic (exact) mass is 477 g/mol. The van der Waals surface area contributed by atoms with Gasteiger partial charge in [0.15, 0.2) is 0 Å². The number of benzene rings is 1. The van der Waals surface area contributed by atoms with Gasteiger partial charge in [-0.3, -0.25) is 19.7 Å². The number of aryl methyl sites for hydroxylation is 2. The largest absolute Gasteiger partial charge is 0.335 e. The summed E-state index contributed by atoms with van der Waals surface area (Å²) in [5.41, 5.74) is 4.99. The van der Waals surface area contributed by atoms with Crippen LogP contribution in [0.15, 0.2) is 24.3 Å². The van der Waals surface area contributed by atoms with E-state index < -0.39 is 0 Å². The Morgan fingerprint density at radius 1 is 1.03 bits per heavy atom. The summed E-state index contributed by atoms with van der Waals surface area (Å²) in [5, 5.41) is 8.74. The lowest BCUT2D eigenvalue weighted by atomic mass is 9.90. The van der Waals surface area contributed by atoms with Gasteiger partial charge < -0.3 is 9.80 Å². The fourth-order valence-corrected chi connectivity index (χ4v) is 6.31. The van der Waals surface area contributed by atoms with E-state index in [1.165, 1.54) is 5.56 Å². The number of aromatic amines is 1. The summed E-state index contributed by atoms with van der Waals surface area (Å²) < 4.78 is 0. The number of hydrogen-bond donors (Lipinski definition) is 1. The molecule has 0 saturated carbocycles. The standard InChI is InChI=1S/C26H28ClN5O2/c1-15-11-23(30-29-15)26(34)32-17-5-4-6-18(32)14-31(13-17)25(33)16-9-10-20-22(12-16)28-21-8-3-2-7-19(21)24(20)27/h9-12,17-18H,2-8,13-14H2,1H3,(H,29,30). The fourth-order valence-electron chi connectivity index (χ4n) is 5.95. The second-order valence-corrected chi connectivity index (χ2v) is 10.3. The van der Waals surface area contributed by atoms with Crippen molar-refractivity contribution in [2.75, 3.05) is 13.1 Å². The maximum absolute atomic E-state index is 13.5. The molecular weight excluding hydrogens is 450 g/mol. The molecule has 3 aliphatic rings. The Bertz CT molecular complexity index is 1290. The molecule has 0 spiro atoms. The average molecular weight is 478 g/mol. The highest BCUT2D eigenvalue weighted by atomic mass is 35.5. The topological polar surface area (TPSA) is 82.2 Å². The highest BCUT2D eigenvalue weighted by Gasteiger charge is 2.42. The van der Waals surface area contributed by atoms with Crippen LogP contribution in [0.1, 0.15) is 69.9 Å². The lowest BCUT2D eigenvalue weighted by molar-refractivity contribution is 0.000685. The Hall–Kier alpha value is -2.93. The van der Waals surface area contributed by atoms with E-state index in [1.807, 2.05) is 34.9 Å². The summed E-state index contributed by atoms with van der Waals surface area (Å²) in [4.78, 5) is 35.5. The molecule has 1 N–H and O–H groups in total. The minimum Gasteiger partial charge on any atom is -0.335 e. The number of nitrogens with one attached hydrogen (secondary N) is 1. The van der Waals surface area contributed by atoms with Crippen LogP contribution in [0.2, 0.25) is 5.02 Å². The van der Waals surface area contributed by atoms with Gasteiger partial charge in [0.2, 0.25) is 0 Å². The van der Waals surface area contributed by atoms with Crippen molar-refractivity contribution in [2.24, 2.45) is 0 Å². The number of halogens is 1. The Balaban J connectivity index is 1.26. The first-order chi connectivity index (χ1) is 16.5. The molecule has 6 rings (SSSR count). The lowest BCUT2D eigenvalue weighted by Gasteiger charge is -2.49. The quantitative estimate of drug-likeness (QED) is 0.596. The third-order valence-electron chi connectivity index (χ3n) is 7.61. The van der Waals surface area contributed by atoms with Crippen molar-refractivity contribution in [2.45, 2.75) is 64.0 Å². The van der Waals surface area contributed by atoms with Crippen LogP contribution in [0.25, 0.3) is 10.9 Å². The first kappa shape index (κ1) is 21.6.